The van der Waals surface area contributed by atoms with Gasteiger partial charge < -0.3 is 18.9 Å². The molecular weight excluding hydrogens is 679 g/mol. The number of unbranched alkanes of at least 4 members (excludes halogenated alkanes) is 2. The maximum atomic E-state index is 15.0. The SMILES string of the molecule is CCCCCC1COC(CCC(F)(F)Oc2ccc(C(F)(F)Oc3ccc(-c4ccc(-c5cc(F)c(F)c(F)c5)c(F)c4)cc3)c(F)c2)OC1. The minimum Gasteiger partial charge on any atom is -0.432 e. The highest BCUT2D eigenvalue weighted by Crippen LogP contribution is 2.37. The second kappa shape index (κ2) is 15.8. The molecule has 0 unspecified atom stereocenters. The van der Waals surface area contributed by atoms with E-state index in [0.29, 0.717) is 43.0 Å². The molecule has 1 aliphatic heterocycles. The van der Waals surface area contributed by atoms with Crippen molar-refractivity contribution in [3.8, 4) is 33.8 Å². The van der Waals surface area contributed by atoms with Crippen LogP contribution in [0.25, 0.3) is 22.3 Å². The zero-order chi connectivity index (χ0) is 36.1. The van der Waals surface area contributed by atoms with Gasteiger partial charge in [-0.1, -0.05) is 50.5 Å². The Kier molecular flexibility index (Phi) is 11.7. The molecule has 0 spiro atoms. The summed E-state index contributed by atoms with van der Waals surface area (Å²) in [5.41, 5.74) is -1.08. The van der Waals surface area contributed by atoms with Crippen LogP contribution in [0.1, 0.15) is 51.0 Å². The van der Waals surface area contributed by atoms with Crippen molar-refractivity contribution in [1.29, 1.82) is 0 Å². The summed E-state index contributed by atoms with van der Waals surface area (Å²) in [6, 6.07) is 11.5. The molecule has 50 heavy (non-hydrogen) atoms. The Bertz CT molecular complexity index is 1730. The minimum atomic E-state index is -4.23. The van der Waals surface area contributed by atoms with Crippen molar-refractivity contribution >= 4 is 0 Å². The van der Waals surface area contributed by atoms with Gasteiger partial charge in [0.15, 0.2) is 23.7 Å². The fourth-order valence-corrected chi connectivity index (χ4v) is 5.46. The predicted molar refractivity (Wildman–Crippen MR) is 166 cm³/mol. The first-order valence-electron chi connectivity index (χ1n) is 16.0. The Balaban J connectivity index is 1.17. The van der Waals surface area contributed by atoms with Crippen molar-refractivity contribution in [2.45, 2.75) is 64.0 Å². The van der Waals surface area contributed by atoms with E-state index in [1.54, 1.807) is 0 Å². The van der Waals surface area contributed by atoms with E-state index in [2.05, 4.69) is 11.7 Å². The molecule has 4 aromatic rings. The molecule has 13 heteroatoms. The van der Waals surface area contributed by atoms with Crippen LogP contribution >= 0.6 is 0 Å². The van der Waals surface area contributed by atoms with E-state index < -0.39 is 71.1 Å². The van der Waals surface area contributed by atoms with E-state index in [0.717, 1.165) is 49.9 Å². The topological polar surface area (TPSA) is 36.9 Å². The number of rotatable bonds is 14. The number of benzene rings is 4. The monoisotopic (exact) mass is 712 g/mol. The molecule has 1 fully saturated rings. The number of halogens is 9. The summed E-state index contributed by atoms with van der Waals surface area (Å²) in [5, 5.41) is 0. The quantitative estimate of drug-likeness (QED) is 0.0741. The minimum absolute atomic E-state index is 0.196. The molecule has 268 valence electrons. The summed E-state index contributed by atoms with van der Waals surface area (Å²) < 4.78 is 150. The zero-order valence-corrected chi connectivity index (χ0v) is 26.8. The fourth-order valence-electron chi connectivity index (χ4n) is 5.46. The summed E-state index contributed by atoms with van der Waals surface area (Å²) >= 11 is 0. The van der Waals surface area contributed by atoms with E-state index in [4.69, 9.17) is 14.2 Å². The van der Waals surface area contributed by atoms with Gasteiger partial charge in [0.25, 0.3) is 0 Å². The molecule has 0 saturated carbocycles. The van der Waals surface area contributed by atoms with Gasteiger partial charge in [0.05, 0.1) is 19.6 Å². The van der Waals surface area contributed by atoms with Crippen LogP contribution in [0.5, 0.6) is 11.5 Å². The third kappa shape index (κ3) is 9.30. The molecule has 0 bridgehead atoms. The Hall–Kier alpha value is -4.23. The zero-order valence-electron chi connectivity index (χ0n) is 26.8. The lowest BCUT2D eigenvalue weighted by Gasteiger charge is -2.30. The van der Waals surface area contributed by atoms with Crippen LogP contribution in [0.2, 0.25) is 0 Å². The Morgan fingerprint density at radius 1 is 0.640 bits per heavy atom. The highest BCUT2D eigenvalue weighted by molar-refractivity contribution is 5.71. The Morgan fingerprint density at radius 2 is 1.26 bits per heavy atom. The van der Waals surface area contributed by atoms with Crippen LogP contribution in [0.15, 0.2) is 72.8 Å². The van der Waals surface area contributed by atoms with Gasteiger partial charge in [-0.2, -0.15) is 17.6 Å². The molecule has 0 aromatic heterocycles. The first-order chi connectivity index (χ1) is 23.7. The molecular formula is C37H33F9O4. The average molecular weight is 713 g/mol. The van der Waals surface area contributed by atoms with Crippen molar-refractivity contribution in [3.05, 3.63) is 107 Å². The fraction of sp³-hybridized carbons (Fsp3) is 0.351. The van der Waals surface area contributed by atoms with Gasteiger partial charge in [0.2, 0.25) is 0 Å². The summed E-state index contributed by atoms with van der Waals surface area (Å²) in [4.78, 5) is 0. The Morgan fingerprint density at radius 3 is 1.88 bits per heavy atom. The number of ether oxygens (including phenoxy) is 4. The molecule has 1 heterocycles. The molecule has 4 aromatic carbocycles. The molecule has 0 radical (unpaired) electrons. The van der Waals surface area contributed by atoms with Crippen LogP contribution in [0.3, 0.4) is 0 Å². The van der Waals surface area contributed by atoms with Crippen molar-refractivity contribution in [3.63, 3.8) is 0 Å². The van der Waals surface area contributed by atoms with E-state index in [9.17, 15) is 39.5 Å². The molecule has 0 N–H and O–H groups in total. The summed E-state index contributed by atoms with van der Waals surface area (Å²) in [6.07, 6.45) is -5.73. The number of hydrogen-bond acceptors (Lipinski definition) is 4. The van der Waals surface area contributed by atoms with Gasteiger partial charge >= 0.3 is 12.2 Å². The van der Waals surface area contributed by atoms with Gasteiger partial charge in [-0.05, 0) is 65.6 Å². The standard InChI is InChI=1S/C37H33F9O4/c1-2-3-4-5-22-20-47-34(48-21-22)14-15-36(43,44)49-27-11-13-29(31(39)19-27)37(45,46)50-26-9-6-23(7-10-26)24-8-12-28(30(38)16-24)25-17-32(40)35(42)33(41)18-25/h6-13,16-19,22,34H,2-5,14-15,20-21H2,1H3. The van der Waals surface area contributed by atoms with Crippen molar-refractivity contribution < 1.29 is 58.5 Å². The maximum absolute atomic E-state index is 15.0. The highest BCUT2D eigenvalue weighted by Gasteiger charge is 2.39. The van der Waals surface area contributed by atoms with Crippen molar-refractivity contribution in [2.75, 3.05) is 13.2 Å². The molecule has 4 nitrogen and oxygen atoms in total. The van der Waals surface area contributed by atoms with E-state index in [1.165, 1.54) is 24.3 Å². The second-order valence-electron chi connectivity index (χ2n) is 12.0. The molecule has 0 aliphatic carbocycles. The van der Waals surface area contributed by atoms with Crippen LogP contribution in [-0.2, 0) is 15.6 Å². The summed E-state index contributed by atoms with van der Waals surface area (Å²) in [7, 11) is 0. The normalized spacial score (nSPS) is 16.8. The molecule has 1 saturated heterocycles. The molecule has 1 aliphatic rings. The molecule has 0 atom stereocenters. The lowest BCUT2D eigenvalue weighted by atomic mass is 9.99. The van der Waals surface area contributed by atoms with Gasteiger partial charge in [0, 0.05) is 24.0 Å². The van der Waals surface area contributed by atoms with Crippen LogP contribution in [-0.4, -0.2) is 25.6 Å². The lowest BCUT2D eigenvalue weighted by molar-refractivity contribution is -0.229. The Labute approximate surface area is 282 Å². The van der Waals surface area contributed by atoms with E-state index in [1.807, 2.05) is 0 Å². The summed E-state index contributed by atoms with van der Waals surface area (Å²) in [5.74, 6) is -7.98. The second-order valence-corrected chi connectivity index (χ2v) is 12.0. The van der Waals surface area contributed by atoms with Gasteiger partial charge in [-0.15, -0.1) is 0 Å². The number of hydrogen-bond donors (Lipinski definition) is 0. The van der Waals surface area contributed by atoms with Crippen molar-refractivity contribution in [2.24, 2.45) is 5.92 Å². The van der Waals surface area contributed by atoms with Crippen LogP contribution in [0, 0.1) is 35.0 Å². The van der Waals surface area contributed by atoms with Crippen LogP contribution in [0.4, 0.5) is 39.5 Å². The molecule has 0 amide bonds. The van der Waals surface area contributed by atoms with Crippen LogP contribution < -0.4 is 9.47 Å². The third-order valence-corrected chi connectivity index (χ3v) is 8.14. The number of alkyl halides is 4. The third-order valence-electron chi connectivity index (χ3n) is 8.14. The van der Waals surface area contributed by atoms with E-state index >= 15 is 0 Å². The van der Waals surface area contributed by atoms with Gasteiger partial charge in [0.1, 0.15) is 28.7 Å². The predicted octanol–water partition coefficient (Wildman–Crippen LogP) is 11.2. The molecule has 5 rings (SSSR count). The van der Waals surface area contributed by atoms with Crippen molar-refractivity contribution in [1.82, 2.24) is 0 Å². The first kappa shape index (κ1) is 37.0. The largest absolute Gasteiger partial charge is 0.432 e. The average Bonchev–Trinajstić information content (AvgIpc) is 3.06. The lowest BCUT2D eigenvalue weighted by Crippen LogP contribution is -2.34. The van der Waals surface area contributed by atoms with Gasteiger partial charge in [-0.25, -0.2) is 22.0 Å². The van der Waals surface area contributed by atoms with E-state index in [-0.39, 0.29) is 29.0 Å². The smallest absolute Gasteiger partial charge is 0.429 e. The maximum Gasteiger partial charge on any atom is 0.429 e. The highest BCUT2D eigenvalue weighted by atomic mass is 19.3. The van der Waals surface area contributed by atoms with Gasteiger partial charge in [-0.3, -0.25) is 0 Å². The first-order valence-corrected chi connectivity index (χ1v) is 16.0. The summed E-state index contributed by atoms with van der Waals surface area (Å²) in [6.45, 7) is 2.89.